The van der Waals surface area contributed by atoms with Crippen molar-refractivity contribution in [3.8, 4) is 0 Å². The molecule has 0 spiro atoms. The van der Waals surface area contributed by atoms with E-state index < -0.39 is 6.10 Å². The molecule has 1 aromatic carbocycles. The van der Waals surface area contributed by atoms with E-state index in [0.29, 0.717) is 37.8 Å². The van der Waals surface area contributed by atoms with Crippen LogP contribution in [0.2, 0.25) is 0 Å². The molecule has 0 radical (unpaired) electrons. The molecule has 2 fully saturated rings. The predicted molar refractivity (Wildman–Crippen MR) is 103 cm³/mol. The van der Waals surface area contributed by atoms with E-state index in [1.165, 1.54) is 6.92 Å². The Bertz CT molecular complexity index is 875. The number of nitrogens with zero attached hydrogens (tertiary/aromatic N) is 1. The molecule has 2 aromatic rings. The SMILES string of the molecule is CC(=O)N[C@@H]1C[C@@H]2CN(C(=O)Cc3c(C)[nH]c4ccccc34)C[C@@H]2C[C@H]1O. The molecule has 1 aliphatic heterocycles. The highest BCUT2D eigenvalue weighted by atomic mass is 16.3. The first-order chi connectivity index (χ1) is 12.9. The Morgan fingerprint density at radius 3 is 2.67 bits per heavy atom. The van der Waals surface area contributed by atoms with Crippen molar-refractivity contribution in [2.45, 2.75) is 45.3 Å². The van der Waals surface area contributed by atoms with Crippen LogP contribution in [-0.2, 0) is 16.0 Å². The third kappa shape index (κ3) is 3.46. The van der Waals surface area contributed by atoms with Crippen molar-refractivity contribution in [1.82, 2.24) is 15.2 Å². The summed E-state index contributed by atoms with van der Waals surface area (Å²) in [5.74, 6) is 0.692. The number of carbonyl (C=O) groups is 2. The minimum Gasteiger partial charge on any atom is -0.391 e. The van der Waals surface area contributed by atoms with Crippen molar-refractivity contribution >= 4 is 22.7 Å². The molecule has 1 aliphatic carbocycles. The molecule has 4 atom stereocenters. The summed E-state index contributed by atoms with van der Waals surface area (Å²) in [6.45, 7) is 4.91. The van der Waals surface area contributed by atoms with Crippen molar-refractivity contribution in [3.05, 3.63) is 35.5 Å². The maximum atomic E-state index is 13.0. The maximum absolute atomic E-state index is 13.0. The molecule has 6 heteroatoms. The predicted octanol–water partition coefficient (Wildman–Crippen LogP) is 1.75. The summed E-state index contributed by atoms with van der Waals surface area (Å²) in [6.07, 6.45) is 1.25. The fourth-order valence-corrected chi connectivity index (χ4v) is 4.88. The first-order valence-electron chi connectivity index (χ1n) is 9.71. The Kier molecular flexibility index (Phi) is 4.68. The molecule has 2 aliphatic rings. The van der Waals surface area contributed by atoms with E-state index in [-0.39, 0.29) is 17.9 Å². The van der Waals surface area contributed by atoms with Gasteiger partial charge in [0.25, 0.3) is 0 Å². The van der Waals surface area contributed by atoms with E-state index >= 15 is 0 Å². The molecule has 1 saturated carbocycles. The van der Waals surface area contributed by atoms with Gasteiger partial charge in [0.05, 0.1) is 18.6 Å². The first kappa shape index (κ1) is 18.0. The number of carbonyl (C=O) groups excluding carboxylic acids is 2. The lowest BCUT2D eigenvalue weighted by Gasteiger charge is -2.35. The number of aliphatic hydroxyl groups excluding tert-OH is 1. The smallest absolute Gasteiger partial charge is 0.227 e. The van der Waals surface area contributed by atoms with Crippen LogP contribution in [0.15, 0.2) is 24.3 Å². The van der Waals surface area contributed by atoms with Gasteiger partial charge in [0, 0.05) is 36.6 Å². The molecular formula is C21H27N3O3. The number of rotatable bonds is 3. The highest BCUT2D eigenvalue weighted by molar-refractivity contribution is 5.90. The normalized spacial score (nSPS) is 27.6. The molecule has 1 aromatic heterocycles. The molecule has 27 heavy (non-hydrogen) atoms. The van der Waals surface area contributed by atoms with Gasteiger partial charge in [0.1, 0.15) is 0 Å². The number of aryl methyl sites for hydroxylation is 1. The molecule has 4 rings (SSSR count). The Labute approximate surface area is 158 Å². The van der Waals surface area contributed by atoms with Gasteiger partial charge in [-0.25, -0.2) is 0 Å². The quantitative estimate of drug-likeness (QED) is 0.771. The van der Waals surface area contributed by atoms with Crippen LogP contribution in [0, 0.1) is 18.8 Å². The van der Waals surface area contributed by atoms with Crippen molar-refractivity contribution in [2.24, 2.45) is 11.8 Å². The van der Waals surface area contributed by atoms with Crippen LogP contribution in [0.5, 0.6) is 0 Å². The van der Waals surface area contributed by atoms with Crippen LogP contribution >= 0.6 is 0 Å². The van der Waals surface area contributed by atoms with E-state index in [9.17, 15) is 14.7 Å². The van der Waals surface area contributed by atoms with Crippen LogP contribution in [0.25, 0.3) is 10.9 Å². The summed E-state index contributed by atoms with van der Waals surface area (Å²) in [4.78, 5) is 29.6. The number of aromatic nitrogens is 1. The summed E-state index contributed by atoms with van der Waals surface area (Å²) in [5.41, 5.74) is 3.18. The minimum atomic E-state index is -0.527. The molecule has 2 amide bonds. The number of aromatic amines is 1. The lowest BCUT2D eigenvalue weighted by Crippen LogP contribution is -2.48. The lowest BCUT2D eigenvalue weighted by atomic mass is 9.77. The van der Waals surface area contributed by atoms with Gasteiger partial charge in [-0.2, -0.15) is 0 Å². The summed E-state index contributed by atoms with van der Waals surface area (Å²) in [6, 6.07) is 7.88. The number of benzene rings is 1. The summed E-state index contributed by atoms with van der Waals surface area (Å²) in [5, 5.41) is 14.3. The van der Waals surface area contributed by atoms with Crippen molar-refractivity contribution in [3.63, 3.8) is 0 Å². The number of likely N-dealkylation sites (tertiary alicyclic amines) is 1. The highest BCUT2D eigenvalue weighted by Gasteiger charge is 2.43. The Morgan fingerprint density at radius 1 is 1.22 bits per heavy atom. The van der Waals surface area contributed by atoms with Crippen molar-refractivity contribution in [2.75, 3.05) is 13.1 Å². The van der Waals surface area contributed by atoms with Crippen molar-refractivity contribution < 1.29 is 14.7 Å². The van der Waals surface area contributed by atoms with Gasteiger partial charge in [-0.15, -0.1) is 0 Å². The van der Waals surface area contributed by atoms with Gasteiger partial charge in [-0.3, -0.25) is 9.59 Å². The standard InChI is InChI=1S/C21H27N3O3/c1-12-17(16-5-3-4-6-18(16)22-12)9-21(27)24-10-14-7-19(23-13(2)25)20(26)8-15(14)11-24/h3-6,14-15,19-20,22,26H,7-11H2,1-2H3,(H,23,25)/t14-,15+,19-,20-/m1/s1. The van der Waals surface area contributed by atoms with Gasteiger partial charge in [0.15, 0.2) is 0 Å². The average Bonchev–Trinajstić information content (AvgIpc) is 3.16. The number of H-pyrrole nitrogens is 1. The van der Waals surface area contributed by atoms with E-state index in [1.807, 2.05) is 30.0 Å². The summed E-state index contributed by atoms with van der Waals surface area (Å²) < 4.78 is 0. The zero-order valence-electron chi connectivity index (χ0n) is 15.9. The van der Waals surface area contributed by atoms with Gasteiger partial charge < -0.3 is 20.3 Å². The lowest BCUT2D eigenvalue weighted by molar-refractivity contribution is -0.129. The van der Waals surface area contributed by atoms with Crippen LogP contribution in [0.1, 0.15) is 31.0 Å². The van der Waals surface area contributed by atoms with E-state index in [0.717, 1.165) is 28.6 Å². The zero-order chi connectivity index (χ0) is 19.1. The molecule has 0 bridgehead atoms. The van der Waals surface area contributed by atoms with Gasteiger partial charge in [0.2, 0.25) is 11.8 Å². The number of hydrogen-bond donors (Lipinski definition) is 3. The number of nitrogens with one attached hydrogen (secondary N) is 2. The van der Waals surface area contributed by atoms with Gasteiger partial charge in [-0.05, 0) is 43.2 Å². The topological polar surface area (TPSA) is 85.4 Å². The maximum Gasteiger partial charge on any atom is 0.227 e. The molecule has 0 unspecified atom stereocenters. The minimum absolute atomic E-state index is 0.113. The molecule has 144 valence electrons. The molecule has 6 nitrogen and oxygen atoms in total. The fourth-order valence-electron chi connectivity index (χ4n) is 4.88. The third-order valence-electron chi connectivity index (χ3n) is 6.24. The van der Waals surface area contributed by atoms with E-state index in [4.69, 9.17) is 0 Å². The molecule has 2 heterocycles. The third-order valence-corrected chi connectivity index (χ3v) is 6.24. The average molecular weight is 369 g/mol. The Balaban J connectivity index is 1.45. The molecule has 3 N–H and O–H groups in total. The van der Waals surface area contributed by atoms with Crippen LogP contribution in [0.3, 0.4) is 0 Å². The number of fused-ring (bicyclic) bond motifs is 2. The Morgan fingerprint density at radius 2 is 1.93 bits per heavy atom. The number of amides is 2. The van der Waals surface area contributed by atoms with Crippen LogP contribution < -0.4 is 5.32 Å². The van der Waals surface area contributed by atoms with Crippen LogP contribution in [-0.4, -0.2) is 52.0 Å². The second kappa shape index (κ2) is 7.00. The zero-order valence-corrected chi connectivity index (χ0v) is 15.9. The second-order valence-electron chi connectivity index (χ2n) is 8.12. The highest BCUT2D eigenvalue weighted by Crippen LogP contribution is 2.37. The fraction of sp³-hybridized carbons (Fsp3) is 0.524. The molecular weight excluding hydrogens is 342 g/mol. The van der Waals surface area contributed by atoms with Crippen LogP contribution in [0.4, 0.5) is 0 Å². The van der Waals surface area contributed by atoms with E-state index in [1.54, 1.807) is 0 Å². The van der Waals surface area contributed by atoms with Crippen molar-refractivity contribution in [1.29, 1.82) is 0 Å². The Hall–Kier alpha value is -2.34. The second-order valence-corrected chi connectivity index (χ2v) is 8.12. The first-order valence-corrected chi connectivity index (χ1v) is 9.71. The summed E-state index contributed by atoms with van der Waals surface area (Å²) >= 11 is 0. The van der Waals surface area contributed by atoms with Gasteiger partial charge in [-0.1, -0.05) is 18.2 Å². The summed E-state index contributed by atoms with van der Waals surface area (Å²) in [7, 11) is 0. The largest absolute Gasteiger partial charge is 0.391 e. The molecule has 1 saturated heterocycles. The number of aliphatic hydroxyl groups is 1. The van der Waals surface area contributed by atoms with Gasteiger partial charge >= 0.3 is 0 Å². The number of para-hydroxylation sites is 1. The number of hydrogen-bond acceptors (Lipinski definition) is 3. The van der Waals surface area contributed by atoms with E-state index in [2.05, 4.69) is 16.4 Å². The monoisotopic (exact) mass is 369 g/mol.